The van der Waals surface area contributed by atoms with Crippen LogP contribution in [0.3, 0.4) is 0 Å². The highest BCUT2D eigenvalue weighted by Crippen LogP contribution is 2.38. The van der Waals surface area contributed by atoms with Crippen LogP contribution in [0.1, 0.15) is 66.2 Å². The fourth-order valence-corrected chi connectivity index (χ4v) is 3.95. The Morgan fingerprint density at radius 3 is 2.36 bits per heavy atom. The number of piperidine rings is 1. The molecule has 0 aromatic rings. The van der Waals surface area contributed by atoms with Gasteiger partial charge in [-0.1, -0.05) is 26.2 Å². The van der Waals surface area contributed by atoms with Crippen molar-refractivity contribution in [2.45, 2.75) is 77.9 Å². The summed E-state index contributed by atoms with van der Waals surface area (Å²) in [4.78, 5) is 14.1. The molecule has 1 aliphatic heterocycles. The van der Waals surface area contributed by atoms with Crippen LogP contribution in [0.5, 0.6) is 0 Å². The van der Waals surface area contributed by atoms with Crippen molar-refractivity contribution >= 4 is 6.09 Å². The molecule has 1 N–H and O–H groups in total. The fourth-order valence-electron chi connectivity index (χ4n) is 3.95. The Hall–Kier alpha value is -0.770. The van der Waals surface area contributed by atoms with Crippen LogP contribution in [0.4, 0.5) is 4.79 Å². The Labute approximate surface area is 135 Å². The number of hydrogen-bond donors (Lipinski definition) is 1. The normalized spacial score (nSPS) is 33.6. The highest BCUT2D eigenvalue weighted by Gasteiger charge is 2.38. The van der Waals surface area contributed by atoms with Crippen LogP contribution < -0.4 is 0 Å². The highest BCUT2D eigenvalue weighted by molar-refractivity contribution is 5.68. The van der Waals surface area contributed by atoms with Crippen molar-refractivity contribution in [2.24, 2.45) is 17.8 Å². The Balaban J connectivity index is 1.92. The van der Waals surface area contributed by atoms with Crippen LogP contribution in [0.2, 0.25) is 0 Å². The molecule has 1 saturated heterocycles. The summed E-state index contributed by atoms with van der Waals surface area (Å²) in [6.45, 7) is 9.21. The van der Waals surface area contributed by atoms with Crippen molar-refractivity contribution in [3.8, 4) is 0 Å². The third-order valence-corrected chi connectivity index (χ3v) is 5.35. The number of aliphatic hydroxyl groups is 1. The number of hydrogen-bond acceptors (Lipinski definition) is 3. The summed E-state index contributed by atoms with van der Waals surface area (Å²) in [5.41, 5.74) is -0.457. The molecule has 2 fully saturated rings. The predicted octanol–water partition coefficient (Wildman–Crippen LogP) is 3.82. The molecule has 1 amide bonds. The molecule has 2 unspecified atom stereocenters. The van der Waals surface area contributed by atoms with Gasteiger partial charge in [0, 0.05) is 19.0 Å². The van der Waals surface area contributed by atoms with Crippen molar-refractivity contribution < 1.29 is 14.6 Å². The summed E-state index contributed by atoms with van der Waals surface area (Å²) < 4.78 is 5.49. The predicted molar refractivity (Wildman–Crippen MR) is 87.7 cm³/mol. The summed E-state index contributed by atoms with van der Waals surface area (Å²) in [6.07, 6.45) is 6.40. The van der Waals surface area contributed by atoms with Crippen molar-refractivity contribution in [1.29, 1.82) is 0 Å². The van der Waals surface area contributed by atoms with Crippen LogP contribution in [0.15, 0.2) is 0 Å². The summed E-state index contributed by atoms with van der Waals surface area (Å²) in [7, 11) is 0. The van der Waals surface area contributed by atoms with Crippen LogP contribution in [0.25, 0.3) is 0 Å². The molecule has 2 rings (SSSR count). The molecule has 4 heteroatoms. The third-order valence-electron chi connectivity index (χ3n) is 5.35. The topological polar surface area (TPSA) is 49.8 Å². The molecule has 0 bridgehead atoms. The van der Waals surface area contributed by atoms with Crippen LogP contribution in [-0.4, -0.2) is 40.9 Å². The van der Waals surface area contributed by atoms with Gasteiger partial charge in [0.15, 0.2) is 0 Å². The van der Waals surface area contributed by atoms with Crippen LogP contribution in [-0.2, 0) is 4.74 Å². The van der Waals surface area contributed by atoms with E-state index in [-0.39, 0.29) is 18.1 Å². The minimum Gasteiger partial charge on any atom is -0.444 e. The van der Waals surface area contributed by atoms with Gasteiger partial charge >= 0.3 is 6.09 Å². The van der Waals surface area contributed by atoms with E-state index in [4.69, 9.17) is 4.74 Å². The standard InChI is InChI=1S/C18H33NO3/c1-5-13-6-8-14(9-7-13)15-12-19(11-10-16(15)20)17(21)22-18(2,3)4/h13-16,20H,5-12H2,1-4H3. The second kappa shape index (κ2) is 7.20. The Kier molecular flexibility index (Phi) is 5.76. The minimum absolute atomic E-state index is 0.221. The van der Waals surface area contributed by atoms with Gasteiger partial charge in [-0.15, -0.1) is 0 Å². The van der Waals surface area contributed by atoms with Gasteiger partial charge in [-0.25, -0.2) is 4.79 Å². The lowest BCUT2D eigenvalue weighted by molar-refractivity contribution is -0.0289. The molecule has 1 heterocycles. The van der Waals surface area contributed by atoms with Gasteiger partial charge in [-0.05, 0) is 51.9 Å². The Morgan fingerprint density at radius 1 is 1.18 bits per heavy atom. The number of rotatable bonds is 2. The molecule has 4 nitrogen and oxygen atoms in total. The van der Waals surface area contributed by atoms with E-state index in [1.807, 2.05) is 20.8 Å². The second-order valence-electron chi connectivity index (χ2n) is 8.14. The van der Waals surface area contributed by atoms with E-state index >= 15 is 0 Å². The first kappa shape index (κ1) is 17.6. The molecule has 1 saturated carbocycles. The number of carbonyl (C=O) groups excluding carboxylic acids is 1. The molecule has 0 aromatic heterocycles. The van der Waals surface area contributed by atoms with Crippen LogP contribution >= 0.6 is 0 Å². The molecule has 0 radical (unpaired) electrons. The number of carbonyl (C=O) groups is 1. The van der Waals surface area contributed by atoms with Gasteiger partial charge in [0.05, 0.1) is 6.10 Å². The van der Waals surface area contributed by atoms with E-state index in [2.05, 4.69) is 6.92 Å². The first-order chi connectivity index (χ1) is 10.3. The fraction of sp³-hybridized carbons (Fsp3) is 0.944. The van der Waals surface area contributed by atoms with E-state index in [0.29, 0.717) is 25.4 Å². The maximum Gasteiger partial charge on any atom is 0.410 e. The minimum atomic E-state index is -0.457. The first-order valence-electron chi connectivity index (χ1n) is 8.96. The third kappa shape index (κ3) is 4.61. The maximum absolute atomic E-state index is 12.3. The second-order valence-corrected chi connectivity index (χ2v) is 8.14. The molecule has 0 spiro atoms. The van der Waals surface area contributed by atoms with Crippen molar-refractivity contribution in [3.05, 3.63) is 0 Å². The lowest BCUT2D eigenvalue weighted by Gasteiger charge is -2.42. The summed E-state index contributed by atoms with van der Waals surface area (Å²) in [6, 6.07) is 0. The molecule has 2 atom stereocenters. The van der Waals surface area contributed by atoms with Gasteiger partial charge in [0.2, 0.25) is 0 Å². The lowest BCUT2D eigenvalue weighted by Crippen LogP contribution is -2.50. The zero-order valence-electron chi connectivity index (χ0n) is 14.7. The van der Waals surface area contributed by atoms with Gasteiger partial charge in [-0.3, -0.25) is 0 Å². The SMILES string of the molecule is CCC1CCC(C2CN(C(=O)OC(C)(C)C)CCC2O)CC1. The number of ether oxygens (including phenoxy) is 1. The number of amides is 1. The van der Waals surface area contributed by atoms with Crippen molar-refractivity contribution in [2.75, 3.05) is 13.1 Å². The lowest BCUT2D eigenvalue weighted by atomic mass is 9.72. The smallest absolute Gasteiger partial charge is 0.410 e. The average Bonchev–Trinajstić information content (AvgIpc) is 2.46. The van der Waals surface area contributed by atoms with Crippen molar-refractivity contribution in [1.82, 2.24) is 4.90 Å². The molecular weight excluding hydrogens is 278 g/mol. The molecule has 128 valence electrons. The Bertz CT molecular complexity index is 369. The summed E-state index contributed by atoms with van der Waals surface area (Å²) in [5, 5.41) is 10.4. The summed E-state index contributed by atoms with van der Waals surface area (Å²) >= 11 is 0. The molecule has 2 aliphatic rings. The van der Waals surface area contributed by atoms with E-state index in [9.17, 15) is 9.90 Å². The van der Waals surface area contributed by atoms with E-state index in [1.165, 1.54) is 32.1 Å². The average molecular weight is 311 g/mol. The quantitative estimate of drug-likeness (QED) is 0.843. The highest BCUT2D eigenvalue weighted by atomic mass is 16.6. The van der Waals surface area contributed by atoms with Crippen molar-refractivity contribution in [3.63, 3.8) is 0 Å². The van der Waals surface area contributed by atoms with Crippen LogP contribution in [0, 0.1) is 17.8 Å². The number of likely N-dealkylation sites (tertiary alicyclic amines) is 1. The van der Waals surface area contributed by atoms with E-state index < -0.39 is 5.60 Å². The first-order valence-corrected chi connectivity index (χ1v) is 8.96. The van der Waals surface area contributed by atoms with Gasteiger partial charge < -0.3 is 14.7 Å². The van der Waals surface area contributed by atoms with Gasteiger partial charge in [-0.2, -0.15) is 0 Å². The van der Waals surface area contributed by atoms with Gasteiger partial charge in [0.25, 0.3) is 0 Å². The zero-order chi connectivity index (χ0) is 16.3. The molecule has 0 aromatic carbocycles. The largest absolute Gasteiger partial charge is 0.444 e. The molecule has 1 aliphatic carbocycles. The van der Waals surface area contributed by atoms with Gasteiger partial charge in [0.1, 0.15) is 5.60 Å². The Morgan fingerprint density at radius 2 is 1.82 bits per heavy atom. The maximum atomic E-state index is 12.3. The molecule has 22 heavy (non-hydrogen) atoms. The number of aliphatic hydroxyl groups excluding tert-OH is 1. The number of nitrogens with zero attached hydrogens (tertiary/aromatic N) is 1. The summed E-state index contributed by atoms with van der Waals surface area (Å²) in [5.74, 6) is 1.64. The monoisotopic (exact) mass is 311 g/mol. The van der Waals surface area contributed by atoms with E-state index in [0.717, 1.165) is 5.92 Å². The zero-order valence-corrected chi connectivity index (χ0v) is 14.7. The van der Waals surface area contributed by atoms with E-state index in [1.54, 1.807) is 4.90 Å². The molecular formula is C18H33NO3.